The largest absolute Gasteiger partial charge is 0.385 e. The minimum Gasteiger partial charge on any atom is -0.385 e. The number of nitrogens with one attached hydrogen (secondary N) is 2. The molecule has 3 rings (SSSR count). The fraction of sp³-hybridized carbons (Fsp3) is 0.200. The molecule has 0 saturated heterocycles. The standard InChI is InChI=1S/C20H20N4O3/c1-14-6-11-18(17-4-2-13-22-20(14)17)23-19(25)5-3-12-21-15-7-9-16(10-8-15)24(26)27/h2,4,6-11,13,21H,3,5,12H2,1H3,(H,23,25). The lowest BCUT2D eigenvalue weighted by atomic mass is 10.1. The van der Waals surface area contributed by atoms with Crippen molar-refractivity contribution in [1.82, 2.24) is 4.98 Å². The Labute approximate surface area is 156 Å². The van der Waals surface area contributed by atoms with E-state index in [0.29, 0.717) is 19.4 Å². The molecular weight excluding hydrogens is 344 g/mol. The third-order valence-corrected chi connectivity index (χ3v) is 4.23. The molecule has 138 valence electrons. The summed E-state index contributed by atoms with van der Waals surface area (Å²) in [5, 5.41) is 17.7. The van der Waals surface area contributed by atoms with E-state index >= 15 is 0 Å². The number of fused-ring (bicyclic) bond motifs is 1. The second-order valence-corrected chi connectivity index (χ2v) is 6.21. The van der Waals surface area contributed by atoms with Crippen molar-refractivity contribution in [3.8, 4) is 0 Å². The normalized spacial score (nSPS) is 10.6. The first kappa shape index (κ1) is 18.3. The summed E-state index contributed by atoms with van der Waals surface area (Å²) in [4.78, 5) is 26.8. The zero-order chi connectivity index (χ0) is 19.2. The van der Waals surface area contributed by atoms with Crippen molar-refractivity contribution in [1.29, 1.82) is 0 Å². The van der Waals surface area contributed by atoms with Gasteiger partial charge < -0.3 is 10.6 Å². The number of nitro benzene ring substituents is 1. The van der Waals surface area contributed by atoms with Crippen LogP contribution in [-0.4, -0.2) is 22.4 Å². The second-order valence-electron chi connectivity index (χ2n) is 6.21. The zero-order valence-electron chi connectivity index (χ0n) is 14.9. The molecule has 0 aliphatic carbocycles. The van der Waals surface area contributed by atoms with Gasteiger partial charge in [0.25, 0.3) is 5.69 Å². The Morgan fingerprint density at radius 2 is 1.93 bits per heavy atom. The minimum atomic E-state index is -0.432. The molecule has 0 bridgehead atoms. The molecule has 2 aromatic carbocycles. The van der Waals surface area contributed by atoms with Crippen LogP contribution in [0.4, 0.5) is 17.1 Å². The SMILES string of the molecule is Cc1ccc(NC(=O)CCCNc2ccc([N+](=O)[O-])cc2)c2cccnc12. The van der Waals surface area contributed by atoms with E-state index in [9.17, 15) is 14.9 Å². The highest BCUT2D eigenvalue weighted by atomic mass is 16.6. The van der Waals surface area contributed by atoms with Crippen molar-refractivity contribution < 1.29 is 9.72 Å². The van der Waals surface area contributed by atoms with Gasteiger partial charge in [-0.15, -0.1) is 0 Å². The summed E-state index contributed by atoms with van der Waals surface area (Å²) in [6, 6.07) is 13.9. The maximum Gasteiger partial charge on any atom is 0.269 e. The average molecular weight is 364 g/mol. The van der Waals surface area contributed by atoms with Crippen LogP contribution in [0, 0.1) is 17.0 Å². The number of aromatic nitrogens is 1. The molecule has 1 amide bonds. The van der Waals surface area contributed by atoms with E-state index in [-0.39, 0.29) is 11.6 Å². The number of nitro groups is 1. The van der Waals surface area contributed by atoms with Gasteiger partial charge in [-0.3, -0.25) is 19.9 Å². The van der Waals surface area contributed by atoms with Gasteiger partial charge in [0, 0.05) is 42.4 Å². The van der Waals surface area contributed by atoms with Crippen LogP contribution in [0.3, 0.4) is 0 Å². The highest BCUT2D eigenvalue weighted by Gasteiger charge is 2.08. The number of hydrogen-bond acceptors (Lipinski definition) is 5. The fourth-order valence-electron chi connectivity index (χ4n) is 2.82. The smallest absolute Gasteiger partial charge is 0.269 e. The molecule has 1 aromatic heterocycles. The van der Waals surface area contributed by atoms with Gasteiger partial charge in [0.05, 0.1) is 16.1 Å². The molecule has 2 N–H and O–H groups in total. The molecule has 27 heavy (non-hydrogen) atoms. The van der Waals surface area contributed by atoms with E-state index in [1.807, 2.05) is 31.2 Å². The van der Waals surface area contributed by atoms with Crippen molar-refractivity contribution >= 4 is 33.9 Å². The molecule has 0 radical (unpaired) electrons. The Morgan fingerprint density at radius 3 is 2.67 bits per heavy atom. The van der Waals surface area contributed by atoms with Crippen LogP contribution in [-0.2, 0) is 4.79 Å². The lowest BCUT2D eigenvalue weighted by Crippen LogP contribution is -2.13. The Hall–Kier alpha value is -3.48. The minimum absolute atomic E-state index is 0.0553. The summed E-state index contributed by atoms with van der Waals surface area (Å²) in [6.45, 7) is 2.59. The number of hydrogen-bond donors (Lipinski definition) is 2. The lowest BCUT2D eigenvalue weighted by molar-refractivity contribution is -0.384. The van der Waals surface area contributed by atoms with Crippen molar-refractivity contribution in [3.05, 3.63) is 70.4 Å². The number of carbonyl (C=O) groups excluding carboxylic acids is 1. The van der Waals surface area contributed by atoms with E-state index in [1.165, 1.54) is 12.1 Å². The molecule has 0 spiro atoms. The number of carbonyl (C=O) groups is 1. The molecule has 0 unspecified atom stereocenters. The highest BCUT2D eigenvalue weighted by Crippen LogP contribution is 2.24. The predicted molar refractivity (Wildman–Crippen MR) is 106 cm³/mol. The van der Waals surface area contributed by atoms with Gasteiger partial charge >= 0.3 is 0 Å². The number of benzene rings is 2. The molecule has 3 aromatic rings. The van der Waals surface area contributed by atoms with Crippen LogP contribution in [0.1, 0.15) is 18.4 Å². The van der Waals surface area contributed by atoms with Gasteiger partial charge in [-0.2, -0.15) is 0 Å². The summed E-state index contributed by atoms with van der Waals surface area (Å²) in [5.74, 6) is -0.0606. The summed E-state index contributed by atoms with van der Waals surface area (Å²) in [5.41, 5.74) is 3.56. The quantitative estimate of drug-likeness (QED) is 0.370. The summed E-state index contributed by atoms with van der Waals surface area (Å²) >= 11 is 0. The monoisotopic (exact) mass is 364 g/mol. The van der Waals surface area contributed by atoms with E-state index in [1.54, 1.807) is 18.3 Å². The second kappa shape index (κ2) is 8.27. The van der Waals surface area contributed by atoms with E-state index in [4.69, 9.17) is 0 Å². The van der Waals surface area contributed by atoms with Crippen LogP contribution < -0.4 is 10.6 Å². The maximum atomic E-state index is 12.2. The van der Waals surface area contributed by atoms with E-state index in [0.717, 1.165) is 27.8 Å². The molecular formula is C20H20N4O3. The van der Waals surface area contributed by atoms with Crippen LogP contribution in [0.25, 0.3) is 10.9 Å². The van der Waals surface area contributed by atoms with E-state index in [2.05, 4.69) is 15.6 Å². The van der Waals surface area contributed by atoms with Gasteiger partial charge in [0.2, 0.25) is 5.91 Å². The van der Waals surface area contributed by atoms with Crippen LogP contribution >= 0.6 is 0 Å². The Kier molecular flexibility index (Phi) is 5.61. The highest BCUT2D eigenvalue weighted by molar-refractivity contribution is 6.01. The summed E-state index contributed by atoms with van der Waals surface area (Å²) in [6.07, 6.45) is 2.76. The lowest BCUT2D eigenvalue weighted by Gasteiger charge is -2.10. The molecule has 0 fully saturated rings. The molecule has 1 heterocycles. The first-order valence-corrected chi connectivity index (χ1v) is 8.67. The molecule has 0 aliphatic rings. The van der Waals surface area contributed by atoms with Gasteiger partial charge in [0.1, 0.15) is 0 Å². The molecule has 0 atom stereocenters. The van der Waals surface area contributed by atoms with Gasteiger partial charge in [-0.05, 0) is 49.2 Å². The first-order valence-electron chi connectivity index (χ1n) is 8.67. The number of nitrogens with zero attached hydrogens (tertiary/aromatic N) is 2. The number of pyridine rings is 1. The van der Waals surface area contributed by atoms with Crippen LogP contribution in [0.5, 0.6) is 0 Å². The number of rotatable bonds is 7. The predicted octanol–water partition coefficient (Wildman–Crippen LogP) is 4.28. The van der Waals surface area contributed by atoms with Gasteiger partial charge in [-0.25, -0.2) is 0 Å². The summed E-state index contributed by atoms with van der Waals surface area (Å²) < 4.78 is 0. The van der Waals surface area contributed by atoms with Crippen molar-refractivity contribution in [2.75, 3.05) is 17.2 Å². The number of aryl methyl sites for hydroxylation is 1. The van der Waals surface area contributed by atoms with Crippen molar-refractivity contribution in [2.45, 2.75) is 19.8 Å². The van der Waals surface area contributed by atoms with Gasteiger partial charge in [0.15, 0.2) is 0 Å². The fourth-order valence-corrected chi connectivity index (χ4v) is 2.82. The third kappa shape index (κ3) is 4.58. The maximum absolute atomic E-state index is 12.2. The molecule has 7 nitrogen and oxygen atoms in total. The first-order chi connectivity index (χ1) is 13.0. The Bertz CT molecular complexity index is 971. The third-order valence-electron chi connectivity index (χ3n) is 4.23. The molecule has 0 aliphatic heterocycles. The molecule has 0 saturated carbocycles. The number of anilines is 2. The van der Waals surface area contributed by atoms with Crippen LogP contribution in [0.2, 0.25) is 0 Å². The Balaban J connectivity index is 1.50. The molecule has 7 heteroatoms. The average Bonchev–Trinajstić information content (AvgIpc) is 2.68. The van der Waals surface area contributed by atoms with Crippen molar-refractivity contribution in [3.63, 3.8) is 0 Å². The van der Waals surface area contributed by atoms with Crippen molar-refractivity contribution in [2.24, 2.45) is 0 Å². The number of amides is 1. The number of non-ortho nitro benzene ring substituents is 1. The summed E-state index contributed by atoms with van der Waals surface area (Å²) in [7, 11) is 0. The van der Waals surface area contributed by atoms with Gasteiger partial charge in [-0.1, -0.05) is 6.07 Å². The van der Waals surface area contributed by atoms with Crippen LogP contribution in [0.15, 0.2) is 54.7 Å². The van der Waals surface area contributed by atoms with E-state index < -0.39 is 4.92 Å². The Morgan fingerprint density at radius 1 is 1.15 bits per heavy atom. The zero-order valence-corrected chi connectivity index (χ0v) is 14.9. The topological polar surface area (TPSA) is 97.2 Å².